The molecule has 0 amide bonds. The van der Waals surface area contributed by atoms with Gasteiger partial charge in [0.15, 0.2) is 11.6 Å². The molecule has 1 aliphatic rings. The average Bonchev–Trinajstić information content (AvgIpc) is 2.28. The van der Waals surface area contributed by atoms with Crippen molar-refractivity contribution in [2.75, 3.05) is 13.1 Å². The van der Waals surface area contributed by atoms with E-state index >= 15 is 0 Å². The lowest BCUT2D eigenvalue weighted by atomic mass is 9.86. The molecule has 2 nitrogen and oxygen atoms in total. The number of rotatable bonds is 1. The molecule has 4 heteroatoms. The molecule has 1 aromatic carbocycles. The lowest BCUT2D eigenvalue weighted by Crippen LogP contribution is -2.27. The van der Waals surface area contributed by atoms with E-state index in [-0.39, 0.29) is 11.7 Å². The summed E-state index contributed by atoms with van der Waals surface area (Å²) in [7, 11) is 0. The van der Waals surface area contributed by atoms with Gasteiger partial charge in [-0.15, -0.1) is 0 Å². The standard InChI is InChI=1S/C12H15ClFNO/c1-7-9(13)6-10(14)12(16)11(7)8-2-4-15-5-3-8/h6,8,15-16H,2-5H2,1H3. The van der Waals surface area contributed by atoms with Crippen molar-refractivity contribution >= 4 is 11.6 Å². The third kappa shape index (κ3) is 2.02. The Labute approximate surface area is 99.4 Å². The van der Waals surface area contributed by atoms with E-state index in [0.29, 0.717) is 10.6 Å². The number of nitrogens with one attached hydrogen (secondary N) is 1. The highest BCUT2D eigenvalue weighted by Crippen LogP contribution is 2.39. The molecule has 0 aromatic heterocycles. The number of phenolic OH excluding ortho intramolecular Hbond substituents is 1. The topological polar surface area (TPSA) is 32.3 Å². The van der Waals surface area contributed by atoms with Crippen molar-refractivity contribution in [2.45, 2.75) is 25.7 Å². The number of halogens is 2. The van der Waals surface area contributed by atoms with Crippen LogP contribution in [0, 0.1) is 12.7 Å². The minimum atomic E-state index is -0.621. The Hall–Kier alpha value is -0.800. The van der Waals surface area contributed by atoms with Crippen molar-refractivity contribution in [3.63, 3.8) is 0 Å². The van der Waals surface area contributed by atoms with Crippen LogP contribution in [0.4, 0.5) is 4.39 Å². The maximum atomic E-state index is 13.4. The van der Waals surface area contributed by atoms with Crippen molar-refractivity contribution in [1.82, 2.24) is 5.32 Å². The van der Waals surface area contributed by atoms with Gasteiger partial charge in [0.1, 0.15) is 0 Å². The molecule has 0 saturated carbocycles. The molecule has 1 saturated heterocycles. The average molecular weight is 244 g/mol. The van der Waals surface area contributed by atoms with E-state index in [1.54, 1.807) is 0 Å². The van der Waals surface area contributed by atoms with E-state index < -0.39 is 5.82 Å². The number of aromatic hydroxyl groups is 1. The molecule has 1 aromatic rings. The summed E-state index contributed by atoms with van der Waals surface area (Å²) in [5, 5.41) is 13.4. The van der Waals surface area contributed by atoms with Gasteiger partial charge in [-0.25, -0.2) is 4.39 Å². The minimum Gasteiger partial charge on any atom is -0.505 e. The summed E-state index contributed by atoms with van der Waals surface area (Å²) < 4.78 is 13.4. The number of piperidine rings is 1. The summed E-state index contributed by atoms with van der Waals surface area (Å²) in [5.41, 5.74) is 1.49. The SMILES string of the molecule is Cc1c(Cl)cc(F)c(O)c1C1CCNCC1. The zero-order chi connectivity index (χ0) is 11.7. The van der Waals surface area contributed by atoms with E-state index in [1.165, 1.54) is 6.07 Å². The van der Waals surface area contributed by atoms with Gasteiger partial charge in [-0.1, -0.05) is 11.6 Å². The number of hydrogen-bond donors (Lipinski definition) is 2. The summed E-state index contributed by atoms with van der Waals surface area (Å²) in [6.45, 7) is 3.63. The molecule has 2 rings (SSSR count). The zero-order valence-electron chi connectivity index (χ0n) is 9.19. The van der Waals surface area contributed by atoms with Crippen molar-refractivity contribution in [3.8, 4) is 5.75 Å². The van der Waals surface area contributed by atoms with Gasteiger partial charge in [0.05, 0.1) is 0 Å². The second-order valence-electron chi connectivity index (χ2n) is 4.25. The van der Waals surface area contributed by atoms with Gasteiger partial charge in [0.2, 0.25) is 0 Å². The van der Waals surface area contributed by atoms with Crippen LogP contribution in [0.1, 0.15) is 29.9 Å². The first-order valence-corrected chi connectivity index (χ1v) is 5.87. The van der Waals surface area contributed by atoms with Crippen LogP contribution in [0.25, 0.3) is 0 Å². The van der Waals surface area contributed by atoms with Crippen molar-refractivity contribution in [1.29, 1.82) is 0 Å². The molecular weight excluding hydrogens is 229 g/mol. The Bertz CT molecular complexity index is 376. The van der Waals surface area contributed by atoms with Crippen molar-refractivity contribution in [2.24, 2.45) is 0 Å². The minimum absolute atomic E-state index is 0.203. The predicted molar refractivity (Wildman–Crippen MR) is 62.7 cm³/mol. The molecule has 0 unspecified atom stereocenters. The van der Waals surface area contributed by atoms with Crippen LogP contribution in [0.5, 0.6) is 5.75 Å². The monoisotopic (exact) mass is 243 g/mol. The fraction of sp³-hybridized carbons (Fsp3) is 0.500. The van der Waals surface area contributed by atoms with Crippen molar-refractivity contribution < 1.29 is 9.50 Å². The van der Waals surface area contributed by atoms with Gasteiger partial charge in [-0.3, -0.25) is 0 Å². The Morgan fingerprint density at radius 2 is 2.06 bits per heavy atom. The van der Waals surface area contributed by atoms with Gasteiger partial charge in [0.25, 0.3) is 0 Å². The van der Waals surface area contributed by atoms with Gasteiger partial charge < -0.3 is 10.4 Å². The maximum absolute atomic E-state index is 13.4. The van der Waals surface area contributed by atoms with Crippen molar-refractivity contribution in [3.05, 3.63) is 28.0 Å². The van der Waals surface area contributed by atoms with Crippen LogP contribution in [0.3, 0.4) is 0 Å². The molecule has 0 aliphatic carbocycles. The lowest BCUT2D eigenvalue weighted by Gasteiger charge is -2.25. The van der Waals surface area contributed by atoms with Gasteiger partial charge >= 0.3 is 0 Å². The van der Waals surface area contributed by atoms with Crippen LogP contribution in [0.15, 0.2) is 6.07 Å². The summed E-state index contributed by atoms with van der Waals surface area (Å²) in [6, 6.07) is 1.18. The van der Waals surface area contributed by atoms with Crippen LogP contribution in [-0.4, -0.2) is 18.2 Å². The summed E-state index contributed by atoms with van der Waals surface area (Å²) in [5.74, 6) is -0.646. The Morgan fingerprint density at radius 1 is 1.44 bits per heavy atom. The second kappa shape index (κ2) is 4.60. The molecule has 0 radical (unpaired) electrons. The third-order valence-corrected chi connectivity index (χ3v) is 3.64. The quantitative estimate of drug-likeness (QED) is 0.795. The first kappa shape index (κ1) is 11.7. The molecule has 0 atom stereocenters. The third-order valence-electron chi connectivity index (χ3n) is 3.24. The van der Waals surface area contributed by atoms with Crippen LogP contribution < -0.4 is 5.32 Å². The largest absolute Gasteiger partial charge is 0.505 e. The Morgan fingerprint density at radius 3 is 2.69 bits per heavy atom. The summed E-state index contributed by atoms with van der Waals surface area (Å²) in [6.07, 6.45) is 1.82. The Balaban J connectivity index is 2.45. The normalized spacial score (nSPS) is 17.7. The zero-order valence-corrected chi connectivity index (χ0v) is 9.94. The molecule has 16 heavy (non-hydrogen) atoms. The van der Waals surface area contributed by atoms with Crippen LogP contribution in [-0.2, 0) is 0 Å². The van der Waals surface area contributed by atoms with Gasteiger partial charge in [0, 0.05) is 10.6 Å². The first-order valence-electron chi connectivity index (χ1n) is 5.49. The number of hydrogen-bond acceptors (Lipinski definition) is 2. The van der Waals surface area contributed by atoms with E-state index in [0.717, 1.165) is 31.5 Å². The number of benzene rings is 1. The van der Waals surface area contributed by atoms with Crippen LogP contribution >= 0.6 is 11.6 Å². The molecule has 1 aliphatic heterocycles. The molecule has 2 N–H and O–H groups in total. The molecule has 88 valence electrons. The van der Waals surface area contributed by atoms with E-state index in [1.807, 2.05) is 6.92 Å². The van der Waals surface area contributed by atoms with Crippen LogP contribution in [0.2, 0.25) is 5.02 Å². The Kier molecular flexibility index (Phi) is 3.36. The molecule has 0 bridgehead atoms. The smallest absolute Gasteiger partial charge is 0.166 e. The summed E-state index contributed by atoms with van der Waals surface area (Å²) >= 11 is 5.94. The molecule has 0 spiro atoms. The van der Waals surface area contributed by atoms with Gasteiger partial charge in [-0.05, 0) is 50.4 Å². The molecule has 1 fully saturated rings. The summed E-state index contributed by atoms with van der Waals surface area (Å²) in [4.78, 5) is 0. The maximum Gasteiger partial charge on any atom is 0.166 e. The number of phenols is 1. The fourth-order valence-corrected chi connectivity index (χ4v) is 2.53. The highest BCUT2D eigenvalue weighted by molar-refractivity contribution is 6.31. The fourth-order valence-electron chi connectivity index (χ4n) is 2.33. The van der Waals surface area contributed by atoms with E-state index in [9.17, 15) is 9.50 Å². The highest BCUT2D eigenvalue weighted by atomic mass is 35.5. The molecular formula is C12H15ClFNO. The highest BCUT2D eigenvalue weighted by Gasteiger charge is 2.23. The predicted octanol–water partition coefficient (Wildman–Crippen LogP) is 2.96. The lowest BCUT2D eigenvalue weighted by molar-refractivity contribution is 0.399. The van der Waals surface area contributed by atoms with E-state index in [2.05, 4.69) is 5.32 Å². The molecule has 1 heterocycles. The first-order chi connectivity index (χ1) is 7.61. The van der Waals surface area contributed by atoms with E-state index in [4.69, 9.17) is 11.6 Å². The van der Waals surface area contributed by atoms with Gasteiger partial charge in [-0.2, -0.15) is 0 Å². The second-order valence-corrected chi connectivity index (χ2v) is 4.66.